The minimum Gasteiger partial charge on any atom is -0.407 e. The molecule has 0 aliphatic carbocycles. The van der Waals surface area contributed by atoms with Gasteiger partial charge in [0.15, 0.2) is 11.1 Å². The summed E-state index contributed by atoms with van der Waals surface area (Å²) in [6, 6.07) is 7.98. The second-order valence-electron chi connectivity index (χ2n) is 4.95. The number of nitrogens with zero attached hydrogens (tertiary/aromatic N) is 1. The summed E-state index contributed by atoms with van der Waals surface area (Å²) in [6.07, 6.45) is 1.71. The topological polar surface area (TPSA) is 68.0 Å². The van der Waals surface area contributed by atoms with Crippen LogP contribution in [0.25, 0.3) is 11.1 Å². The number of aromatic amines is 1. The van der Waals surface area contributed by atoms with Gasteiger partial charge in [0.05, 0.1) is 6.54 Å². The molecule has 2 heterocycles. The molecule has 0 atom stereocenters. The molecule has 3 aromatic rings. The Morgan fingerprint density at radius 2 is 1.85 bits per heavy atom. The zero-order valence-corrected chi connectivity index (χ0v) is 11.3. The van der Waals surface area contributed by atoms with Crippen LogP contribution in [0.3, 0.4) is 0 Å². The van der Waals surface area contributed by atoms with Gasteiger partial charge in [0.2, 0.25) is 0 Å². The van der Waals surface area contributed by atoms with Gasteiger partial charge in [-0.25, -0.2) is 4.79 Å². The molecule has 0 bridgehead atoms. The standard InChI is InChI=1S/C15H14N2O3/c1-9-3-5-11(6-4-9)8-17-7-10(2)13-12(14(17)18)16-15(19)20-13/h3-7H,8H2,1-2H3,(H,16,19). The lowest BCUT2D eigenvalue weighted by Gasteiger charge is -2.07. The Hall–Kier alpha value is -2.56. The summed E-state index contributed by atoms with van der Waals surface area (Å²) in [5.74, 6) is -0.603. The fourth-order valence-corrected chi connectivity index (χ4v) is 2.26. The van der Waals surface area contributed by atoms with E-state index in [4.69, 9.17) is 4.42 Å². The molecule has 0 aliphatic heterocycles. The van der Waals surface area contributed by atoms with Gasteiger partial charge in [-0.1, -0.05) is 29.8 Å². The van der Waals surface area contributed by atoms with Gasteiger partial charge in [-0.2, -0.15) is 0 Å². The van der Waals surface area contributed by atoms with Crippen molar-refractivity contribution in [3.05, 3.63) is 68.1 Å². The minimum atomic E-state index is -0.603. The number of benzene rings is 1. The van der Waals surface area contributed by atoms with Gasteiger partial charge in [0.25, 0.3) is 5.56 Å². The highest BCUT2D eigenvalue weighted by molar-refractivity contribution is 5.74. The highest BCUT2D eigenvalue weighted by Gasteiger charge is 2.11. The molecule has 5 heteroatoms. The lowest BCUT2D eigenvalue weighted by atomic mass is 10.1. The summed E-state index contributed by atoms with van der Waals surface area (Å²) < 4.78 is 6.55. The Labute approximate surface area is 114 Å². The largest absolute Gasteiger partial charge is 0.417 e. The van der Waals surface area contributed by atoms with Crippen molar-refractivity contribution in [3.8, 4) is 0 Å². The van der Waals surface area contributed by atoms with Crippen molar-refractivity contribution < 1.29 is 4.42 Å². The SMILES string of the molecule is Cc1ccc(Cn2cc(C)c3oc(=O)[nH]c3c2=O)cc1. The highest BCUT2D eigenvalue weighted by atomic mass is 16.4. The van der Waals surface area contributed by atoms with Crippen LogP contribution in [0.4, 0.5) is 0 Å². The van der Waals surface area contributed by atoms with Crippen molar-refractivity contribution in [2.75, 3.05) is 0 Å². The Morgan fingerprint density at radius 1 is 1.15 bits per heavy atom. The first-order valence-electron chi connectivity index (χ1n) is 6.33. The monoisotopic (exact) mass is 270 g/mol. The van der Waals surface area contributed by atoms with Crippen molar-refractivity contribution >= 4 is 11.1 Å². The maximum Gasteiger partial charge on any atom is 0.417 e. The first kappa shape index (κ1) is 12.5. The highest BCUT2D eigenvalue weighted by Crippen LogP contribution is 2.12. The third-order valence-electron chi connectivity index (χ3n) is 3.30. The van der Waals surface area contributed by atoms with Crippen LogP contribution in [0.2, 0.25) is 0 Å². The van der Waals surface area contributed by atoms with Crippen LogP contribution in [0.5, 0.6) is 0 Å². The Kier molecular flexibility index (Phi) is 2.82. The molecular weight excluding hydrogens is 256 g/mol. The quantitative estimate of drug-likeness (QED) is 0.773. The van der Waals surface area contributed by atoms with E-state index in [-0.39, 0.29) is 11.1 Å². The summed E-state index contributed by atoms with van der Waals surface area (Å²) >= 11 is 0. The zero-order chi connectivity index (χ0) is 14.3. The third kappa shape index (κ3) is 2.07. The molecule has 0 saturated heterocycles. The van der Waals surface area contributed by atoms with Crippen LogP contribution in [0.15, 0.2) is 44.5 Å². The lowest BCUT2D eigenvalue weighted by Crippen LogP contribution is -2.21. The number of aromatic nitrogens is 2. The zero-order valence-electron chi connectivity index (χ0n) is 11.3. The van der Waals surface area contributed by atoms with Gasteiger partial charge in [-0.15, -0.1) is 0 Å². The summed E-state index contributed by atoms with van der Waals surface area (Å²) in [4.78, 5) is 26.0. The minimum absolute atomic E-state index is 0.224. The number of hydrogen-bond donors (Lipinski definition) is 1. The fourth-order valence-electron chi connectivity index (χ4n) is 2.26. The van der Waals surface area contributed by atoms with Gasteiger partial charge in [0.1, 0.15) is 0 Å². The number of nitrogens with one attached hydrogen (secondary N) is 1. The van der Waals surface area contributed by atoms with Gasteiger partial charge in [0, 0.05) is 11.8 Å². The molecule has 0 fully saturated rings. The number of rotatable bonds is 2. The van der Waals surface area contributed by atoms with E-state index in [1.807, 2.05) is 38.1 Å². The number of pyridine rings is 1. The molecule has 0 spiro atoms. The maximum atomic E-state index is 12.3. The van der Waals surface area contributed by atoms with Crippen LogP contribution in [-0.2, 0) is 6.54 Å². The van der Waals surface area contributed by atoms with Crippen molar-refractivity contribution in [2.24, 2.45) is 0 Å². The van der Waals surface area contributed by atoms with Crippen LogP contribution >= 0.6 is 0 Å². The molecular formula is C15H14N2O3. The first-order chi connectivity index (χ1) is 9.54. The van der Waals surface area contributed by atoms with Gasteiger partial charge in [-0.05, 0) is 19.4 Å². The summed E-state index contributed by atoms with van der Waals surface area (Å²) in [7, 11) is 0. The summed E-state index contributed by atoms with van der Waals surface area (Å²) in [5.41, 5.74) is 3.26. The molecule has 2 aromatic heterocycles. The molecule has 0 saturated carbocycles. The fraction of sp³-hybridized carbons (Fsp3) is 0.200. The van der Waals surface area contributed by atoms with Gasteiger partial charge < -0.3 is 8.98 Å². The van der Waals surface area contributed by atoms with E-state index < -0.39 is 5.76 Å². The van der Waals surface area contributed by atoms with Gasteiger partial charge in [-0.3, -0.25) is 9.78 Å². The average Bonchev–Trinajstić information content (AvgIpc) is 2.81. The Morgan fingerprint density at radius 3 is 2.55 bits per heavy atom. The second-order valence-corrected chi connectivity index (χ2v) is 4.95. The predicted molar refractivity (Wildman–Crippen MR) is 76.1 cm³/mol. The molecule has 1 N–H and O–H groups in total. The van der Waals surface area contributed by atoms with E-state index in [0.717, 1.165) is 11.1 Å². The maximum absolute atomic E-state index is 12.3. The number of H-pyrrole nitrogens is 1. The molecule has 0 unspecified atom stereocenters. The number of fused-ring (bicyclic) bond motifs is 1. The summed E-state index contributed by atoms with van der Waals surface area (Å²) in [5, 5.41) is 0. The van der Waals surface area contributed by atoms with Crippen LogP contribution in [0.1, 0.15) is 16.7 Å². The van der Waals surface area contributed by atoms with Gasteiger partial charge >= 0.3 is 5.76 Å². The third-order valence-corrected chi connectivity index (χ3v) is 3.30. The molecule has 1 aromatic carbocycles. The van der Waals surface area contributed by atoms with E-state index in [1.165, 1.54) is 5.56 Å². The number of aryl methyl sites for hydroxylation is 2. The van der Waals surface area contributed by atoms with Crippen LogP contribution < -0.4 is 11.3 Å². The Bertz CT molecular complexity index is 882. The predicted octanol–water partition coefficient (Wildman–Crippen LogP) is 1.95. The van der Waals surface area contributed by atoms with E-state index in [0.29, 0.717) is 12.1 Å². The second kappa shape index (κ2) is 4.52. The molecule has 102 valence electrons. The molecule has 5 nitrogen and oxygen atoms in total. The van der Waals surface area contributed by atoms with E-state index in [1.54, 1.807) is 10.8 Å². The first-order valence-corrected chi connectivity index (χ1v) is 6.33. The van der Waals surface area contributed by atoms with Crippen LogP contribution in [-0.4, -0.2) is 9.55 Å². The van der Waals surface area contributed by atoms with E-state index in [9.17, 15) is 9.59 Å². The smallest absolute Gasteiger partial charge is 0.407 e. The van der Waals surface area contributed by atoms with Crippen molar-refractivity contribution in [2.45, 2.75) is 20.4 Å². The molecule has 20 heavy (non-hydrogen) atoms. The van der Waals surface area contributed by atoms with Crippen molar-refractivity contribution in [1.82, 2.24) is 9.55 Å². The molecule has 0 amide bonds. The van der Waals surface area contributed by atoms with E-state index >= 15 is 0 Å². The molecule has 0 aliphatic rings. The number of hydrogen-bond acceptors (Lipinski definition) is 3. The van der Waals surface area contributed by atoms with Crippen molar-refractivity contribution in [1.29, 1.82) is 0 Å². The normalized spacial score (nSPS) is 11.1. The van der Waals surface area contributed by atoms with E-state index in [2.05, 4.69) is 4.98 Å². The molecule has 3 rings (SSSR count). The van der Waals surface area contributed by atoms with Crippen LogP contribution in [0, 0.1) is 13.8 Å². The average molecular weight is 270 g/mol. The molecule has 0 radical (unpaired) electrons. The number of oxazole rings is 1. The lowest BCUT2D eigenvalue weighted by molar-refractivity contribution is 0.552. The van der Waals surface area contributed by atoms with Crippen molar-refractivity contribution in [3.63, 3.8) is 0 Å². The Balaban J connectivity index is 2.12. The summed E-state index contributed by atoms with van der Waals surface area (Å²) in [6.45, 7) is 4.29.